The molecule has 0 unspecified atom stereocenters. The highest BCUT2D eigenvalue weighted by atomic mass is 16.4. The largest absolute Gasteiger partial charge is 0.478 e. The van der Waals surface area contributed by atoms with E-state index in [4.69, 9.17) is 4.98 Å². The summed E-state index contributed by atoms with van der Waals surface area (Å²) >= 11 is 0. The van der Waals surface area contributed by atoms with Crippen molar-refractivity contribution in [2.45, 2.75) is 51.5 Å². The first kappa shape index (κ1) is 12.9. The van der Waals surface area contributed by atoms with Gasteiger partial charge in [-0.2, -0.15) is 0 Å². The van der Waals surface area contributed by atoms with Crippen LogP contribution in [0.25, 0.3) is 11.0 Å². The van der Waals surface area contributed by atoms with E-state index in [9.17, 15) is 9.90 Å². The second-order valence-corrected chi connectivity index (χ2v) is 6.97. The van der Waals surface area contributed by atoms with E-state index in [0.717, 1.165) is 23.4 Å². The molecule has 0 spiro atoms. The van der Waals surface area contributed by atoms with Gasteiger partial charge in [-0.1, -0.05) is 19.4 Å². The number of aromatic carboxylic acids is 1. The van der Waals surface area contributed by atoms with Crippen molar-refractivity contribution >= 4 is 17.0 Å². The van der Waals surface area contributed by atoms with Gasteiger partial charge in [-0.25, -0.2) is 9.78 Å². The minimum atomic E-state index is -0.858. The Bertz CT molecular complexity index is 724. The molecule has 110 valence electrons. The van der Waals surface area contributed by atoms with Crippen LogP contribution in [0.3, 0.4) is 0 Å². The lowest BCUT2D eigenvalue weighted by Gasteiger charge is -2.39. The molecule has 0 radical (unpaired) electrons. The van der Waals surface area contributed by atoms with E-state index in [0.29, 0.717) is 16.9 Å². The number of rotatable bonds is 4. The van der Waals surface area contributed by atoms with Gasteiger partial charge in [-0.15, -0.1) is 0 Å². The molecule has 2 aliphatic carbocycles. The molecule has 1 aromatic heterocycles. The summed E-state index contributed by atoms with van der Waals surface area (Å²) in [5.74, 6) is 0.775. The minimum absolute atomic E-state index is 0.308. The number of para-hydroxylation sites is 1. The second kappa shape index (κ2) is 4.33. The average molecular weight is 284 g/mol. The zero-order chi connectivity index (χ0) is 14.6. The molecule has 0 amide bonds. The highest BCUT2D eigenvalue weighted by molar-refractivity contribution is 6.01. The molecule has 2 aromatic rings. The summed E-state index contributed by atoms with van der Waals surface area (Å²) in [7, 11) is 0. The first-order valence-corrected chi connectivity index (χ1v) is 7.80. The number of carboxylic acids is 1. The third-order valence-corrected chi connectivity index (χ3v) is 5.07. The monoisotopic (exact) mass is 284 g/mol. The SMILES string of the molecule is CC1(Cn2c(C3CC3)nc3cccc(C(=O)O)c32)CCC1. The van der Waals surface area contributed by atoms with E-state index < -0.39 is 5.97 Å². The van der Waals surface area contributed by atoms with Gasteiger partial charge in [0, 0.05) is 12.5 Å². The van der Waals surface area contributed by atoms with Crippen LogP contribution in [0.5, 0.6) is 0 Å². The number of imidazole rings is 1. The number of carboxylic acid groups (broad SMARTS) is 1. The highest BCUT2D eigenvalue weighted by Gasteiger charge is 2.36. The Labute approximate surface area is 123 Å². The van der Waals surface area contributed by atoms with Gasteiger partial charge in [0.05, 0.1) is 16.6 Å². The summed E-state index contributed by atoms with van der Waals surface area (Å²) < 4.78 is 2.22. The molecule has 21 heavy (non-hydrogen) atoms. The maximum absolute atomic E-state index is 11.6. The van der Waals surface area contributed by atoms with Crippen molar-refractivity contribution in [1.29, 1.82) is 0 Å². The van der Waals surface area contributed by atoms with Gasteiger partial charge in [0.15, 0.2) is 0 Å². The number of benzene rings is 1. The number of hydrogen-bond donors (Lipinski definition) is 1. The van der Waals surface area contributed by atoms with Crippen molar-refractivity contribution in [3.63, 3.8) is 0 Å². The summed E-state index contributed by atoms with van der Waals surface area (Å²) in [5, 5.41) is 9.50. The Kier molecular flexibility index (Phi) is 2.65. The fraction of sp³-hybridized carbons (Fsp3) is 0.529. The number of aromatic nitrogens is 2. The first-order valence-electron chi connectivity index (χ1n) is 7.80. The molecule has 2 fully saturated rings. The third kappa shape index (κ3) is 2.04. The molecule has 0 atom stereocenters. The van der Waals surface area contributed by atoms with Crippen LogP contribution in [0.1, 0.15) is 61.1 Å². The Balaban J connectivity index is 1.91. The van der Waals surface area contributed by atoms with Crippen LogP contribution in [-0.2, 0) is 6.54 Å². The molecule has 4 nitrogen and oxygen atoms in total. The minimum Gasteiger partial charge on any atom is -0.478 e. The third-order valence-electron chi connectivity index (χ3n) is 5.07. The van der Waals surface area contributed by atoms with Crippen molar-refractivity contribution in [2.75, 3.05) is 0 Å². The number of carbonyl (C=O) groups is 1. The van der Waals surface area contributed by atoms with Gasteiger partial charge in [0.25, 0.3) is 0 Å². The summed E-state index contributed by atoms with van der Waals surface area (Å²) in [6.07, 6.45) is 6.11. The zero-order valence-corrected chi connectivity index (χ0v) is 12.3. The van der Waals surface area contributed by atoms with E-state index >= 15 is 0 Å². The predicted molar refractivity (Wildman–Crippen MR) is 80.6 cm³/mol. The van der Waals surface area contributed by atoms with E-state index in [1.54, 1.807) is 12.1 Å². The lowest BCUT2D eigenvalue weighted by Crippen LogP contribution is -2.31. The number of nitrogens with zero attached hydrogens (tertiary/aromatic N) is 2. The maximum Gasteiger partial charge on any atom is 0.337 e. The van der Waals surface area contributed by atoms with Gasteiger partial charge >= 0.3 is 5.97 Å². The fourth-order valence-corrected chi connectivity index (χ4v) is 3.51. The summed E-state index contributed by atoms with van der Waals surface area (Å²) in [5.41, 5.74) is 2.35. The first-order chi connectivity index (χ1) is 10.1. The van der Waals surface area contributed by atoms with Crippen LogP contribution >= 0.6 is 0 Å². The van der Waals surface area contributed by atoms with Crippen LogP contribution in [-0.4, -0.2) is 20.6 Å². The van der Waals surface area contributed by atoms with Crippen molar-refractivity contribution in [2.24, 2.45) is 5.41 Å². The molecular formula is C17H20N2O2. The van der Waals surface area contributed by atoms with Gasteiger partial charge in [-0.3, -0.25) is 0 Å². The Morgan fingerprint density at radius 2 is 2.19 bits per heavy atom. The van der Waals surface area contributed by atoms with Gasteiger partial charge in [0.1, 0.15) is 5.82 Å². The van der Waals surface area contributed by atoms with Crippen LogP contribution in [0, 0.1) is 5.41 Å². The molecule has 1 N–H and O–H groups in total. The van der Waals surface area contributed by atoms with Crippen LogP contribution in [0.4, 0.5) is 0 Å². The summed E-state index contributed by atoms with van der Waals surface area (Å²) in [6.45, 7) is 3.21. The summed E-state index contributed by atoms with van der Waals surface area (Å²) in [6, 6.07) is 5.43. The summed E-state index contributed by atoms with van der Waals surface area (Å²) in [4.78, 5) is 16.3. The normalized spacial score (nSPS) is 20.4. The Morgan fingerprint density at radius 3 is 2.76 bits per heavy atom. The Morgan fingerprint density at radius 1 is 1.43 bits per heavy atom. The lowest BCUT2D eigenvalue weighted by atomic mass is 9.70. The predicted octanol–water partition coefficient (Wildman–Crippen LogP) is 3.80. The molecule has 1 heterocycles. The number of hydrogen-bond acceptors (Lipinski definition) is 2. The molecule has 4 rings (SSSR count). The van der Waals surface area contributed by atoms with Crippen molar-refractivity contribution in [1.82, 2.24) is 9.55 Å². The van der Waals surface area contributed by atoms with Gasteiger partial charge in [-0.05, 0) is 43.2 Å². The van der Waals surface area contributed by atoms with Crippen LogP contribution in [0.15, 0.2) is 18.2 Å². The molecular weight excluding hydrogens is 264 g/mol. The molecule has 1 aromatic carbocycles. The van der Waals surface area contributed by atoms with Gasteiger partial charge in [0.2, 0.25) is 0 Å². The topological polar surface area (TPSA) is 55.1 Å². The number of fused-ring (bicyclic) bond motifs is 1. The van der Waals surface area contributed by atoms with E-state index in [1.807, 2.05) is 6.07 Å². The quantitative estimate of drug-likeness (QED) is 0.929. The van der Waals surface area contributed by atoms with Crippen molar-refractivity contribution in [3.8, 4) is 0 Å². The van der Waals surface area contributed by atoms with Crippen LogP contribution in [0.2, 0.25) is 0 Å². The fourth-order valence-electron chi connectivity index (χ4n) is 3.51. The molecule has 0 aliphatic heterocycles. The molecule has 4 heteroatoms. The maximum atomic E-state index is 11.6. The van der Waals surface area contributed by atoms with E-state index in [2.05, 4.69) is 11.5 Å². The van der Waals surface area contributed by atoms with Crippen molar-refractivity contribution in [3.05, 3.63) is 29.6 Å². The van der Waals surface area contributed by atoms with Crippen molar-refractivity contribution < 1.29 is 9.90 Å². The van der Waals surface area contributed by atoms with E-state index in [-0.39, 0.29) is 0 Å². The molecule has 0 saturated heterocycles. The zero-order valence-electron chi connectivity index (χ0n) is 12.3. The smallest absolute Gasteiger partial charge is 0.337 e. The molecule has 0 bridgehead atoms. The molecule has 2 aliphatic rings. The second-order valence-electron chi connectivity index (χ2n) is 6.97. The van der Waals surface area contributed by atoms with E-state index in [1.165, 1.54) is 32.1 Å². The standard InChI is InChI=1S/C17H20N2O2/c1-17(8-3-9-17)10-19-14-12(16(20)21)4-2-5-13(14)18-15(19)11-6-7-11/h2,4-5,11H,3,6-10H2,1H3,(H,20,21). The van der Waals surface area contributed by atoms with Crippen LogP contribution < -0.4 is 0 Å². The highest BCUT2D eigenvalue weighted by Crippen LogP contribution is 2.46. The van der Waals surface area contributed by atoms with Gasteiger partial charge < -0.3 is 9.67 Å². The Hall–Kier alpha value is -1.84. The lowest BCUT2D eigenvalue weighted by molar-refractivity contribution is 0.0697. The average Bonchev–Trinajstić information content (AvgIpc) is 3.20. The molecule has 2 saturated carbocycles.